The SMILES string of the molecule is CO[C@H]1O[C@H](COC(C)=O)[C@@H](O[C@@H]2O[C@H](CO[C@@H]3O[C@H](CO[C@@H]4O[C@H](COC(C)=O)[C@@H](OCc5ccccc5)[C@H](OC(C)=O)[C@H]4OC(C)=O)[C@@H](OCc4ccccc4)[C@H](OC(C)=O)[C@H]3OC(C)=O)[C@@H](OCc3ccccc3)[C@H](OC(C)=O)[C@H]2OC(C)=O)[C@H](OC(C)=O)[C@H]1OC(C)=O. The fraction of sp³-hybridized carbons (Fsp3) is 0.576. The number of benzene rings is 3. The number of rotatable bonds is 30. The second-order valence-corrected chi connectivity index (χ2v) is 22.7. The van der Waals surface area contributed by atoms with Crippen molar-refractivity contribution >= 4 is 59.7 Å². The molecule has 0 unspecified atom stereocenters. The highest BCUT2D eigenvalue weighted by Crippen LogP contribution is 2.39. The summed E-state index contributed by atoms with van der Waals surface area (Å²) in [5.41, 5.74) is 1.87. The molecule has 0 N–H and O–H groups in total. The van der Waals surface area contributed by atoms with Crippen molar-refractivity contribution in [2.75, 3.05) is 33.5 Å². The Bertz CT molecular complexity index is 3100. The normalized spacial score (nSPS) is 30.0. The first-order valence-electron chi connectivity index (χ1n) is 30.9. The second-order valence-electron chi connectivity index (χ2n) is 22.7. The molecular formula is C66H82O31. The molecule has 31 nitrogen and oxygen atoms in total. The topological polar surface area (TPSA) is 365 Å². The first-order chi connectivity index (χ1) is 46.3. The summed E-state index contributed by atoms with van der Waals surface area (Å²) in [5, 5.41) is 0. The van der Waals surface area contributed by atoms with Gasteiger partial charge < -0.3 is 99.5 Å². The third kappa shape index (κ3) is 22.7. The number of hydrogen-bond donors (Lipinski definition) is 0. The molecular weight excluding hydrogens is 1290 g/mol. The number of carbonyl (C=O) groups excluding carboxylic acids is 10. The molecule has 0 radical (unpaired) electrons. The van der Waals surface area contributed by atoms with E-state index in [2.05, 4.69) is 0 Å². The molecule has 0 aliphatic carbocycles. The van der Waals surface area contributed by atoms with Gasteiger partial charge in [0.15, 0.2) is 74.0 Å². The van der Waals surface area contributed by atoms with Crippen LogP contribution >= 0.6 is 0 Å². The predicted octanol–water partition coefficient (Wildman–Crippen LogP) is 3.29. The van der Waals surface area contributed by atoms with Crippen molar-refractivity contribution in [3.8, 4) is 0 Å². The third-order valence-corrected chi connectivity index (χ3v) is 14.9. The van der Waals surface area contributed by atoms with Crippen LogP contribution in [0.2, 0.25) is 0 Å². The molecule has 4 saturated heterocycles. The molecule has 4 fully saturated rings. The molecule has 0 spiro atoms. The Kier molecular flexibility index (Phi) is 29.1. The highest BCUT2D eigenvalue weighted by molar-refractivity contribution is 5.70. The monoisotopic (exact) mass is 1370 g/mol. The smallest absolute Gasteiger partial charge is 0.303 e. The van der Waals surface area contributed by atoms with Gasteiger partial charge in [0.1, 0.15) is 62.0 Å². The summed E-state index contributed by atoms with van der Waals surface area (Å²) in [6, 6.07) is 26.2. The minimum absolute atomic E-state index is 0.0889. The quantitative estimate of drug-likeness (QED) is 0.0682. The summed E-state index contributed by atoms with van der Waals surface area (Å²) in [6.45, 7) is 7.67. The lowest BCUT2D eigenvalue weighted by molar-refractivity contribution is -0.369. The average Bonchev–Trinajstić information content (AvgIpc) is 0.781. The van der Waals surface area contributed by atoms with Crippen LogP contribution in [0, 0.1) is 0 Å². The van der Waals surface area contributed by atoms with E-state index in [1.807, 2.05) is 0 Å². The zero-order valence-electron chi connectivity index (χ0n) is 55.3. The number of ether oxygens (including phenoxy) is 21. The van der Waals surface area contributed by atoms with Crippen LogP contribution in [0.4, 0.5) is 0 Å². The van der Waals surface area contributed by atoms with E-state index in [1.165, 1.54) is 7.11 Å². The average molecular weight is 1370 g/mol. The largest absolute Gasteiger partial charge is 0.463 e. The first-order valence-corrected chi connectivity index (χ1v) is 30.9. The van der Waals surface area contributed by atoms with Crippen molar-refractivity contribution in [1.29, 1.82) is 0 Å². The minimum Gasteiger partial charge on any atom is -0.463 e. The molecule has 4 aliphatic rings. The standard InChI is InChI=1S/C66H82O31/c1-34(67)78-30-47-51(80-27-44-21-15-12-16-22-44)55(85-36(3)69)60(90-41(8)74)64(94-47)83-32-48-52(81-28-45-23-17-13-18-24-45)56(86-37(4)70)61(91-42(9)75)65(95-48)84-33-49-53(82-29-46-25-19-14-20-26-46)57(87-38(5)71)62(92-43(10)76)66(96-49)97-54-50(31-79-35(2)68)93-63(77-11)59(89-40(7)73)58(54)88-39(6)72/h12-26,47-66H,27-33H2,1-11H3/t47-,48-,49-,50-,51-,52-,53-,54-,55+,56+,57+,58+,59-,60-,61-,62-,63+,64-,65-,66+/m1/s1. The molecule has 0 saturated carbocycles. The first kappa shape index (κ1) is 76.3. The molecule has 31 heteroatoms. The van der Waals surface area contributed by atoms with Gasteiger partial charge in [-0.05, 0) is 16.7 Å². The van der Waals surface area contributed by atoms with Gasteiger partial charge in [-0.3, -0.25) is 47.9 Å². The Morgan fingerprint density at radius 2 is 0.526 bits per heavy atom. The Hall–Kier alpha value is -8.08. The molecule has 4 heterocycles. The van der Waals surface area contributed by atoms with Crippen LogP contribution < -0.4 is 0 Å². The lowest BCUT2D eigenvalue weighted by atomic mass is 9.95. The van der Waals surface area contributed by atoms with Crippen molar-refractivity contribution in [1.82, 2.24) is 0 Å². The van der Waals surface area contributed by atoms with E-state index in [9.17, 15) is 47.9 Å². The van der Waals surface area contributed by atoms with Crippen LogP contribution in [0.3, 0.4) is 0 Å². The van der Waals surface area contributed by atoms with E-state index in [1.54, 1.807) is 91.0 Å². The number of carbonyl (C=O) groups is 10. The summed E-state index contributed by atoms with van der Waals surface area (Å²) in [5.74, 6) is -8.81. The summed E-state index contributed by atoms with van der Waals surface area (Å²) < 4.78 is 129. The van der Waals surface area contributed by atoms with Gasteiger partial charge in [0.25, 0.3) is 0 Å². The van der Waals surface area contributed by atoms with Gasteiger partial charge in [0.2, 0.25) is 0 Å². The Morgan fingerprint density at radius 1 is 0.278 bits per heavy atom. The maximum Gasteiger partial charge on any atom is 0.303 e. The lowest BCUT2D eigenvalue weighted by Gasteiger charge is -2.49. The van der Waals surface area contributed by atoms with E-state index < -0.39 is 209 Å². The maximum absolute atomic E-state index is 13.4. The van der Waals surface area contributed by atoms with E-state index in [-0.39, 0.29) is 19.8 Å². The number of esters is 10. The second kappa shape index (κ2) is 37.0. The number of hydrogen-bond acceptors (Lipinski definition) is 31. The Morgan fingerprint density at radius 3 is 0.825 bits per heavy atom. The minimum atomic E-state index is -1.98. The zero-order valence-corrected chi connectivity index (χ0v) is 55.3. The highest BCUT2D eigenvalue weighted by atomic mass is 16.8. The maximum atomic E-state index is 13.4. The van der Waals surface area contributed by atoms with Gasteiger partial charge in [0.05, 0.1) is 33.0 Å². The molecule has 532 valence electrons. The van der Waals surface area contributed by atoms with E-state index in [0.29, 0.717) is 16.7 Å². The van der Waals surface area contributed by atoms with E-state index >= 15 is 0 Å². The van der Waals surface area contributed by atoms with Crippen LogP contribution in [0.1, 0.15) is 85.9 Å². The van der Waals surface area contributed by atoms with Gasteiger partial charge in [-0.15, -0.1) is 0 Å². The summed E-state index contributed by atoms with van der Waals surface area (Å²) >= 11 is 0. The molecule has 7 rings (SSSR count). The Labute approximate surface area is 558 Å². The molecule has 97 heavy (non-hydrogen) atoms. The predicted molar refractivity (Wildman–Crippen MR) is 321 cm³/mol. The van der Waals surface area contributed by atoms with E-state index in [0.717, 1.165) is 69.2 Å². The summed E-state index contributed by atoms with van der Waals surface area (Å²) in [6.07, 6.45) is -32.4. The summed E-state index contributed by atoms with van der Waals surface area (Å²) in [7, 11) is 1.20. The molecule has 4 aliphatic heterocycles. The molecule has 20 atom stereocenters. The zero-order chi connectivity index (χ0) is 70.5. The van der Waals surface area contributed by atoms with Gasteiger partial charge in [0, 0.05) is 76.3 Å². The van der Waals surface area contributed by atoms with Gasteiger partial charge in [-0.25, -0.2) is 0 Å². The summed E-state index contributed by atoms with van der Waals surface area (Å²) in [4.78, 5) is 130. The Balaban J connectivity index is 1.33. The van der Waals surface area contributed by atoms with Crippen LogP contribution in [0.25, 0.3) is 0 Å². The molecule has 0 bridgehead atoms. The molecule has 0 aromatic heterocycles. The highest BCUT2D eigenvalue weighted by Gasteiger charge is 2.59. The van der Waals surface area contributed by atoms with Gasteiger partial charge in [-0.2, -0.15) is 0 Å². The van der Waals surface area contributed by atoms with E-state index in [4.69, 9.17) is 99.5 Å². The van der Waals surface area contributed by atoms with Crippen molar-refractivity contribution in [2.45, 2.75) is 212 Å². The fourth-order valence-electron chi connectivity index (χ4n) is 11.2. The van der Waals surface area contributed by atoms with Crippen LogP contribution in [0.5, 0.6) is 0 Å². The number of methoxy groups -OCH3 is 1. The van der Waals surface area contributed by atoms with Gasteiger partial charge in [-0.1, -0.05) is 91.0 Å². The van der Waals surface area contributed by atoms with Crippen molar-refractivity contribution in [3.05, 3.63) is 108 Å². The molecule has 3 aromatic rings. The third-order valence-electron chi connectivity index (χ3n) is 14.9. The molecule has 3 aromatic carbocycles. The van der Waals surface area contributed by atoms with Crippen molar-refractivity contribution < 1.29 is 147 Å². The lowest BCUT2D eigenvalue weighted by Crippen LogP contribution is -2.67. The van der Waals surface area contributed by atoms with Crippen LogP contribution in [-0.4, -0.2) is 216 Å². The van der Waals surface area contributed by atoms with Crippen molar-refractivity contribution in [2.24, 2.45) is 0 Å². The van der Waals surface area contributed by atoms with Crippen LogP contribution in [-0.2, 0) is 167 Å². The van der Waals surface area contributed by atoms with Crippen molar-refractivity contribution in [3.63, 3.8) is 0 Å². The fourth-order valence-corrected chi connectivity index (χ4v) is 11.2. The van der Waals surface area contributed by atoms with Crippen LogP contribution in [0.15, 0.2) is 91.0 Å². The molecule has 0 amide bonds. The van der Waals surface area contributed by atoms with Gasteiger partial charge >= 0.3 is 59.7 Å².